The Bertz CT molecular complexity index is 319. The number of nitrogens with one attached hydrogen (secondary N) is 2. The molecule has 0 aliphatic rings. The fraction of sp³-hybridized carbons (Fsp3) is 0.545. The molecule has 0 bridgehead atoms. The third-order valence-corrected chi connectivity index (χ3v) is 2.33. The summed E-state index contributed by atoms with van der Waals surface area (Å²) in [5.41, 5.74) is 4.78. The van der Waals surface area contributed by atoms with Crippen LogP contribution in [0.3, 0.4) is 0 Å². The lowest BCUT2D eigenvalue weighted by Gasteiger charge is -2.17. The van der Waals surface area contributed by atoms with Gasteiger partial charge in [-0.05, 0) is 24.5 Å². The van der Waals surface area contributed by atoms with Crippen molar-refractivity contribution < 1.29 is 4.79 Å². The molecule has 0 aliphatic carbocycles. The number of hydrogen-bond acceptors (Lipinski definition) is 2. The minimum absolute atomic E-state index is 0.00898. The molecular weight excluding hydrogens is 190 g/mol. The van der Waals surface area contributed by atoms with Crippen LogP contribution in [0, 0.1) is 0 Å². The SMILES string of the molecule is CCCNN(C)C(=O)c1[nH]ccc1CC. The first kappa shape index (κ1) is 11.8. The van der Waals surface area contributed by atoms with Crippen LogP contribution in [0.1, 0.15) is 36.3 Å². The highest BCUT2D eigenvalue weighted by molar-refractivity contribution is 5.93. The number of carbonyl (C=O) groups is 1. The first-order chi connectivity index (χ1) is 7.20. The van der Waals surface area contributed by atoms with Crippen LogP contribution in [0.4, 0.5) is 0 Å². The third kappa shape index (κ3) is 2.83. The average molecular weight is 209 g/mol. The second-order valence-corrected chi connectivity index (χ2v) is 3.50. The molecule has 1 aromatic rings. The fourth-order valence-electron chi connectivity index (χ4n) is 1.41. The maximum atomic E-state index is 11.9. The number of aryl methyl sites for hydroxylation is 1. The van der Waals surface area contributed by atoms with Gasteiger partial charge in [-0.3, -0.25) is 9.80 Å². The first-order valence-corrected chi connectivity index (χ1v) is 5.38. The Morgan fingerprint density at radius 3 is 2.87 bits per heavy atom. The first-order valence-electron chi connectivity index (χ1n) is 5.38. The monoisotopic (exact) mass is 209 g/mol. The summed E-state index contributed by atoms with van der Waals surface area (Å²) in [4.78, 5) is 14.9. The summed E-state index contributed by atoms with van der Waals surface area (Å²) < 4.78 is 0. The molecule has 0 spiro atoms. The van der Waals surface area contributed by atoms with Crippen molar-refractivity contribution in [2.24, 2.45) is 0 Å². The van der Waals surface area contributed by atoms with Crippen molar-refractivity contribution in [3.63, 3.8) is 0 Å². The van der Waals surface area contributed by atoms with E-state index in [0.29, 0.717) is 5.69 Å². The van der Waals surface area contributed by atoms with Crippen molar-refractivity contribution in [2.45, 2.75) is 26.7 Å². The summed E-state index contributed by atoms with van der Waals surface area (Å²) in [7, 11) is 1.75. The number of aromatic amines is 1. The number of aromatic nitrogens is 1. The summed E-state index contributed by atoms with van der Waals surface area (Å²) >= 11 is 0. The normalized spacial score (nSPS) is 10.3. The largest absolute Gasteiger partial charge is 0.357 e. The van der Waals surface area contributed by atoms with Gasteiger partial charge in [0.15, 0.2) is 0 Å². The molecule has 0 saturated carbocycles. The molecule has 2 N–H and O–H groups in total. The fourth-order valence-corrected chi connectivity index (χ4v) is 1.41. The van der Waals surface area contributed by atoms with Crippen LogP contribution >= 0.6 is 0 Å². The number of hydrogen-bond donors (Lipinski definition) is 2. The van der Waals surface area contributed by atoms with Crippen molar-refractivity contribution in [3.8, 4) is 0 Å². The topological polar surface area (TPSA) is 48.1 Å². The molecule has 0 radical (unpaired) electrons. The second kappa shape index (κ2) is 5.56. The van der Waals surface area contributed by atoms with Gasteiger partial charge in [0.2, 0.25) is 0 Å². The smallest absolute Gasteiger partial charge is 0.284 e. The number of H-pyrrole nitrogens is 1. The molecule has 0 unspecified atom stereocenters. The Balaban J connectivity index is 2.67. The standard InChI is InChI=1S/C11H19N3O/c1-4-7-13-14(3)11(15)10-9(5-2)6-8-12-10/h6,8,12-13H,4-5,7H2,1-3H3. The van der Waals surface area contributed by atoms with Crippen LogP contribution in [0.5, 0.6) is 0 Å². The molecule has 84 valence electrons. The van der Waals surface area contributed by atoms with Crippen LogP contribution < -0.4 is 5.43 Å². The van der Waals surface area contributed by atoms with Crippen LogP contribution in [-0.4, -0.2) is 29.5 Å². The summed E-state index contributed by atoms with van der Waals surface area (Å²) in [6.45, 7) is 4.92. The van der Waals surface area contributed by atoms with Crippen molar-refractivity contribution in [3.05, 3.63) is 23.5 Å². The molecule has 1 heterocycles. The minimum atomic E-state index is -0.00898. The van der Waals surface area contributed by atoms with Gasteiger partial charge in [0.05, 0.1) is 0 Å². The van der Waals surface area contributed by atoms with Crippen LogP contribution in [0.25, 0.3) is 0 Å². The summed E-state index contributed by atoms with van der Waals surface area (Å²) in [6, 6.07) is 1.95. The van der Waals surface area contributed by atoms with Gasteiger partial charge in [-0.25, -0.2) is 5.43 Å². The zero-order valence-electron chi connectivity index (χ0n) is 9.63. The molecule has 15 heavy (non-hydrogen) atoms. The maximum absolute atomic E-state index is 11.9. The van der Waals surface area contributed by atoms with Crippen LogP contribution in [-0.2, 0) is 6.42 Å². The van der Waals surface area contributed by atoms with Crippen molar-refractivity contribution >= 4 is 5.91 Å². The van der Waals surface area contributed by atoms with Crippen molar-refractivity contribution in [2.75, 3.05) is 13.6 Å². The summed E-state index contributed by atoms with van der Waals surface area (Å²) in [6.07, 6.45) is 3.68. The lowest BCUT2D eigenvalue weighted by Crippen LogP contribution is -2.40. The molecular formula is C11H19N3O. The maximum Gasteiger partial charge on any atom is 0.284 e. The summed E-state index contributed by atoms with van der Waals surface area (Å²) in [5.74, 6) is -0.00898. The molecule has 0 fully saturated rings. The molecule has 0 aromatic carbocycles. The zero-order valence-corrected chi connectivity index (χ0v) is 9.63. The third-order valence-electron chi connectivity index (χ3n) is 2.33. The van der Waals surface area contributed by atoms with Gasteiger partial charge in [-0.15, -0.1) is 0 Å². The van der Waals surface area contributed by atoms with E-state index in [0.717, 1.165) is 24.9 Å². The molecule has 0 atom stereocenters. The second-order valence-electron chi connectivity index (χ2n) is 3.50. The minimum Gasteiger partial charge on any atom is -0.357 e. The predicted octanol–water partition coefficient (Wildman–Crippen LogP) is 1.56. The van der Waals surface area contributed by atoms with Crippen molar-refractivity contribution in [1.29, 1.82) is 0 Å². The van der Waals surface area contributed by atoms with E-state index in [1.54, 1.807) is 13.2 Å². The van der Waals surface area contributed by atoms with E-state index in [1.807, 2.05) is 13.0 Å². The van der Waals surface area contributed by atoms with Crippen molar-refractivity contribution in [1.82, 2.24) is 15.4 Å². The Kier molecular flexibility index (Phi) is 4.37. The van der Waals surface area contributed by atoms with E-state index in [9.17, 15) is 4.79 Å². The molecule has 0 aliphatic heterocycles. The van der Waals surface area contributed by atoms with Crippen LogP contribution in [0.2, 0.25) is 0 Å². The van der Waals surface area contributed by atoms with Crippen LogP contribution in [0.15, 0.2) is 12.3 Å². The van der Waals surface area contributed by atoms with Gasteiger partial charge >= 0.3 is 0 Å². The van der Waals surface area contributed by atoms with Gasteiger partial charge in [-0.1, -0.05) is 13.8 Å². The van der Waals surface area contributed by atoms with E-state index >= 15 is 0 Å². The lowest BCUT2D eigenvalue weighted by atomic mass is 10.2. The molecule has 4 heteroatoms. The van der Waals surface area contributed by atoms with Gasteiger partial charge in [0.25, 0.3) is 5.91 Å². The number of rotatable bonds is 5. The number of carbonyl (C=O) groups excluding carboxylic acids is 1. The van der Waals surface area contributed by atoms with Gasteiger partial charge in [-0.2, -0.15) is 0 Å². The Hall–Kier alpha value is -1.29. The molecule has 1 rings (SSSR count). The molecule has 0 saturated heterocycles. The quantitative estimate of drug-likeness (QED) is 0.723. The van der Waals surface area contributed by atoms with E-state index < -0.39 is 0 Å². The Morgan fingerprint density at radius 2 is 2.27 bits per heavy atom. The highest BCUT2D eigenvalue weighted by Crippen LogP contribution is 2.08. The highest BCUT2D eigenvalue weighted by Gasteiger charge is 2.15. The van der Waals surface area contributed by atoms with E-state index in [4.69, 9.17) is 0 Å². The van der Waals surface area contributed by atoms with E-state index in [1.165, 1.54) is 5.01 Å². The highest BCUT2D eigenvalue weighted by atomic mass is 16.2. The number of amides is 1. The van der Waals surface area contributed by atoms with Gasteiger partial charge in [0.1, 0.15) is 5.69 Å². The Morgan fingerprint density at radius 1 is 1.53 bits per heavy atom. The molecule has 1 amide bonds. The van der Waals surface area contributed by atoms with E-state index in [2.05, 4.69) is 17.3 Å². The molecule has 1 aromatic heterocycles. The summed E-state index contributed by atoms with van der Waals surface area (Å²) in [5, 5.41) is 1.54. The number of hydrazine groups is 1. The zero-order chi connectivity index (χ0) is 11.3. The van der Waals surface area contributed by atoms with Gasteiger partial charge in [0, 0.05) is 19.8 Å². The number of nitrogens with zero attached hydrogens (tertiary/aromatic N) is 1. The predicted molar refractivity (Wildman–Crippen MR) is 60.6 cm³/mol. The van der Waals surface area contributed by atoms with Gasteiger partial charge < -0.3 is 4.98 Å². The lowest BCUT2D eigenvalue weighted by molar-refractivity contribution is 0.0711. The molecule has 4 nitrogen and oxygen atoms in total. The average Bonchev–Trinajstić information content (AvgIpc) is 2.72. The van der Waals surface area contributed by atoms with E-state index in [-0.39, 0.29) is 5.91 Å². The Labute approximate surface area is 90.6 Å².